The van der Waals surface area contributed by atoms with Gasteiger partial charge >= 0.3 is 6.09 Å². The summed E-state index contributed by atoms with van der Waals surface area (Å²) in [5.41, 5.74) is 1.13. The van der Waals surface area contributed by atoms with E-state index in [0.29, 0.717) is 0 Å². The van der Waals surface area contributed by atoms with Crippen LogP contribution < -0.4 is 5.32 Å². The predicted molar refractivity (Wildman–Crippen MR) is 142 cm³/mol. The van der Waals surface area contributed by atoms with E-state index in [9.17, 15) is 4.79 Å². The fraction of sp³-hybridized carbons (Fsp3) is 0.633. The van der Waals surface area contributed by atoms with Crippen molar-refractivity contribution in [3.05, 3.63) is 48.0 Å². The van der Waals surface area contributed by atoms with Crippen LogP contribution in [0.1, 0.15) is 122 Å². The van der Waals surface area contributed by atoms with Crippen LogP contribution in [0.2, 0.25) is 0 Å². The van der Waals surface area contributed by atoms with Crippen LogP contribution in [0, 0.1) is 0 Å². The Morgan fingerprint density at radius 2 is 1.36 bits per heavy atom. The van der Waals surface area contributed by atoms with Crippen molar-refractivity contribution in [1.29, 1.82) is 0 Å². The van der Waals surface area contributed by atoms with Crippen LogP contribution in [0.3, 0.4) is 0 Å². The molecular formula is C30H47NO2. The van der Waals surface area contributed by atoms with Gasteiger partial charge in [0.1, 0.15) is 6.10 Å². The minimum atomic E-state index is -0.294. The number of ether oxygens (including phenoxy) is 1. The first-order chi connectivity index (χ1) is 16.2. The first-order valence-electron chi connectivity index (χ1n) is 13.6. The van der Waals surface area contributed by atoms with Crippen LogP contribution in [0.15, 0.2) is 42.5 Å². The van der Waals surface area contributed by atoms with Crippen LogP contribution >= 0.6 is 0 Å². The predicted octanol–water partition coefficient (Wildman–Crippen LogP) is 9.50. The molecule has 0 heterocycles. The largest absolute Gasteiger partial charge is 0.446 e. The summed E-state index contributed by atoms with van der Waals surface area (Å²) in [6, 6.07) is 14.5. The van der Waals surface area contributed by atoms with Crippen molar-refractivity contribution in [3.63, 3.8) is 0 Å². The van der Waals surface area contributed by atoms with Crippen LogP contribution in [-0.4, -0.2) is 12.2 Å². The third-order valence-corrected chi connectivity index (χ3v) is 6.64. The van der Waals surface area contributed by atoms with E-state index in [1.54, 1.807) is 0 Å². The van der Waals surface area contributed by atoms with Crippen LogP contribution in [-0.2, 0) is 4.74 Å². The number of alkyl carbamates (subject to hydrolysis) is 1. The molecule has 3 nitrogen and oxygen atoms in total. The maximum absolute atomic E-state index is 12.6. The molecule has 2 atom stereocenters. The molecule has 3 heteroatoms. The third-order valence-electron chi connectivity index (χ3n) is 6.64. The second-order valence-corrected chi connectivity index (χ2v) is 9.57. The minimum absolute atomic E-state index is 0.0216. The highest BCUT2D eigenvalue weighted by Gasteiger charge is 2.17. The van der Waals surface area contributed by atoms with Crippen molar-refractivity contribution < 1.29 is 9.53 Å². The van der Waals surface area contributed by atoms with Gasteiger partial charge in [-0.25, -0.2) is 4.79 Å². The lowest BCUT2D eigenvalue weighted by Gasteiger charge is -2.21. The second kappa shape index (κ2) is 16.6. The van der Waals surface area contributed by atoms with Crippen LogP contribution in [0.5, 0.6) is 0 Å². The summed E-state index contributed by atoms with van der Waals surface area (Å²) in [7, 11) is 0. The lowest BCUT2D eigenvalue weighted by atomic mass is 10.00. The minimum Gasteiger partial charge on any atom is -0.446 e. The molecule has 0 aliphatic carbocycles. The van der Waals surface area contributed by atoms with Gasteiger partial charge < -0.3 is 10.1 Å². The maximum atomic E-state index is 12.6. The summed E-state index contributed by atoms with van der Waals surface area (Å²) in [5.74, 6) is 0. The first kappa shape index (κ1) is 27.2. The monoisotopic (exact) mass is 453 g/mol. The van der Waals surface area contributed by atoms with E-state index in [1.807, 2.05) is 25.1 Å². The smallest absolute Gasteiger partial charge is 0.407 e. The van der Waals surface area contributed by atoms with Gasteiger partial charge in [0.2, 0.25) is 0 Å². The second-order valence-electron chi connectivity index (χ2n) is 9.57. The number of carbonyl (C=O) groups is 1. The Morgan fingerprint density at radius 1 is 0.758 bits per heavy atom. The highest BCUT2D eigenvalue weighted by molar-refractivity contribution is 5.86. The van der Waals surface area contributed by atoms with Crippen LogP contribution in [0.4, 0.5) is 4.79 Å². The van der Waals surface area contributed by atoms with Crippen molar-refractivity contribution in [3.8, 4) is 0 Å². The van der Waals surface area contributed by atoms with E-state index >= 15 is 0 Å². The quantitative estimate of drug-likeness (QED) is 0.242. The van der Waals surface area contributed by atoms with E-state index in [1.165, 1.54) is 75.0 Å². The zero-order valence-electron chi connectivity index (χ0n) is 21.4. The number of fused-ring (bicyclic) bond motifs is 1. The summed E-state index contributed by atoms with van der Waals surface area (Å²) in [6.07, 6.45) is 17.4. The molecule has 2 unspecified atom stereocenters. The molecule has 0 fully saturated rings. The van der Waals surface area contributed by atoms with E-state index in [2.05, 4.69) is 43.4 Å². The number of rotatable bonds is 17. The Kier molecular flexibility index (Phi) is 13.7. The zero-order valence-corrected chi connectivity index (χ0v) is 21.4. The fourth-order valence-electron chi connectivity index (χ4n) is 4.69. The lowest BCUT2D eigenvalue weighted by molar-refractivity contribution is 0.0831. The van der Waals surface area contributed by atoms with Gasteiger partial charge in [-0.05, 0) is 42.5 Å². The summed E-state index contributed by atoms with van der Waals surface area (Å²) in [6.45, 7) is 6.46. The molecule has 0 saturated heterocycles. The van der Waals surface area contributed by atoms with Gasteiger partial charge in [-0.15, -0.1) is 0 Å². The first-order valence-corrected chi connectivity index (χ1v) is 13.6. The summed E-state index contributed by atoms with van der Waals surface area (Å²) >= 11 is 0. The number of benzene rings is 2. The number of amides is 1. The molecule has 2 aromatic carbocycles. The van der Waals surface area contributed by atoms with Crippen LogP contribution in [0.25, 0.3) is 10.8 Å². The molecule has 0 radical (unpaired) electrons. The van der Waals surface area contributed by atoms with E-state index in [-0.39, 0.29) is 18.2 Å². The average molecular weight is 454 g/mol. The molecule has 1 N–H and O–H groups in total. The molecule has 2 rings (SSSR count). The number of hydrogen-bond acceptors (Lipinski definition) is 2. The molecule has 0 aromatic heterocycles. The zero-order chi connectivity index (χ0) is 23.7. The van der Waals surface area contributed by atoms with Gasteiger partial charge in [-0.2, -0.15) is 0 Å². The highest BCUT2D eigenvalue weighted by Crippen LogP contribution is 2.24. The molecule has 2 aromatic rings. The van der Waals surface area contributed by atoms with E-state index in [0.717, 1.165) is 31.2 Å². The fourth-order valence-corrected chi connectivity index (χ4v) is 4.69. The topological polar surface area (TPSA) is 38.3 Å². The number of unbranched alkanes of at least 4 members (excludes halogenated alkanes) is 10. The van der Waals surface area contributed by atoms with Crippen molar-refractivity contribution in [2.24, 2.45) is 0 Å². The molecular weight excluding hydrogens is 406 g/mol. The number of carbonyl (C=O) groups excluding carboxylic acids is 1. The normalized spacial score (nSPS) is 13.1. The molecule has 184 valence electrons. The Morgan fingerprint density at radius 3 is 2.03 bits per heavy atom. The Labute approximate surface area is 202 Å². The highest BCUT2D eigenvalue weighted by atomic mass is 16.6. The SMILES string of the molecule is CCCCCCCCCCCCCC(CCC)OC(=O)NC(C)c1cccc2ccccc12. The Hall–Kier alpha value is -2.03. The lowest BCUT2D eigenvalue weighted by Crippen LogP contribution is -2.31. The summed E-state index contributed by atoms with van der Waals surface area (Å²) in [5, 5.41) is 5.43. The average Bonchev–Trinajstić information content (AvgIpc) is 2.82. The third kappa shape index (κ3) is 10.6. The molecule has 33 heavy (non-hydrogen) atoms. The molecule has 0 bridgehead atoms. The summed E-state index contributed by atoms with van der Waals surface area (Å²) in [4.78, 5) is 12.6. The van der Waals surface area contributed by atoms with Crippen molar-refractivity contribution >= 4 is 16.9 Å². The van der Waals surface area contributed by atoms with Crippen molar-refractivity contribution in [2.75, 3.05) is 0 Å². The molecule has 0 aliphatic rings. The number of hydrogen-bond donors (Lipinski definition) is 1. The van der Waals surface area contributed by atoms with Gasteiger partial charge in [-0.3, -0.25) is 0 Å². The van der Waals surface area contributed by atoms with Gasteiger partial charge in [0, 0.05) is 0 Å². The Balaban J connectivity index is 1.66. The van der Waals surface area contributed by atoms with E-state index < -0.39 is 0 Å². The molecule has 0 saturated carbocycles. The Bertz CT molecular complexity index is 782. The standard InChI is InChI=1S/C30H47NO2/c1-4-6-7-8-9-10-11-12-13-14-15-22-27(19-5-2)33-30(32)31-25(3)28-24-18-21-26-20-16-17-23-29(26)28/h16-18,20-21,23-25,27H,4-15,19,22H2,1-3H3,(H,31,32). The van der Waals surface area contributed by atoms with Crippen molar-refractivity contribution in [1.82, 2.24) is 5.32 Å². The molecule has 0 aliphatic heterocycles. The van der Waals surface area contributed by atoms with Gasteiger partial charge in [0.25, 0.3) is 0 Å². The molecule has 0 spiro atoms. The summed E-state index contributed by atoms with van der Waals surface area (Å²) < 4.78 is 5.84. The van der Waals surface area contributed by atoms with Gasteiger partial charge in [0.15, 0.2) is 0 Å². The van der Waals surface area contributed by atoms with E-state index in [4.69, 9.17) is 4.74 Å². The maximum Gasteiger partial charge on any atom is 0.407 e. The number of nitrogens with one attached hydrogen (secondary N) is 1. The van der Waals surface area contributed by atoms with Gasteiger partial charge in [-0.1, -0.05) is 127 Å². The van der Waals surface area contributed by atoms with Gasteiger partial charge in [0.05, 0.1) is 6.04 Å². The van der Waals surface area contributed by atoms with Crippen molar-refractivity contribution in [2.45, 2.75) is 123 Å². The molecule has 1 amide bonds.